The van der Waals surface area contributed by atoms with E-state index in [-0.39, 0.29) is 0 Å². The Kier molecular flexibility index (Phi) is 3.99. The topological polar surface area (TPSA) is 24.9 Å². The van der Waals surface area contributed by atoms with Crippen molar-refractivity contribution >= 4 is 33.2 Å². The Morgan fingerprint density at radius 2 is 2.10 bits per heavy atom. The minimum absolute atomic E-state index is 0.502. The highest BCUT2D eigenvalue weighted by Crippen LogP contribution is 2.39. The van der Waals surface area contributed by atoms with E-state index in [0.717, 1.165) is 10.2 Å². The van der Waals surface area contributed by atoms with Gasteiger partial charge in [0.2, 0.25) is 0 Å². The van der Waals surface area contributed by atoms with Crippen molar-refractivity contribution in [3.63, 3.8) is 0 Å². The number of anilines is 1. The molecule has 1 N–H and O–H groups in total. The molecule has 0 atom stereocenters. The quantitative estimate of drug-likeness (QED) is 0.772. The summed E-state index contributed by atoms with van der Waals surface area (Å²) in [5.74, 6) is 0.677. The molecule has 1 aromatic carbocycles. The van der Waals surface area contributed by atoms with Gasteiger partial charge < -0.3 is 5.32 Å². The van der Waals surface area contributed by atoms with Crippen molar-refractivity contribution in [2.24, 2.45) is 0 Å². The molecule has 1 fully saturated rings. The van der Waals surface area contributed by atoms with Gasteiger partial charge in [0.1, 0.15) is 5.15 Å². The van der Waals surface area contributed by atoms with Crippen molar-refractivity contribution in [3.8, 4) is 0 Å². The molecule has 0 spiro atoms. The van der Waals surface area contributed by atoms with E-state index in [1.807, 2.05) is 6.07 Å². The molecule has 20 heavy (non-hydrogen) atoms. The molecule has 4 heteroatoms. The fourth-order valence-electron chi connectivity index (χ4n) is 2.67. The minimum atomic E-state index is 0.502. The van der Waals surface area contributed by atoms with E-state index in [1.54, 1.807) is 6.20 Å². The molecule has 1 aromatic heterocycles. The zero-order chi connectivity index (χ0) is 14.1. The van der Waals surface area contributed by atoms with Crippen molar-refractivity contribution < 1.29 is 0 Å². The first kappa shape index (κ1) is 13.9. The van der Waals surface area contributed by atoms with Crippen LogP contribution in [0.5, 0.6) is 0 Å². The number of benzene rings is 1. The first-order chi connectivity index (χ1) is 9.61. The van der Waals surface area contributed by atoms with Gasteiger partial charge in [0.25, 0.3) is 0 Å². The lowest BCUT2D eigenvalue weighted by Gasteiger charge is -2.37. The van der Waals surface area contributed by atoms with E-state index in [9.17, 15) is 0 Å². The molecule has 104 valence electrons. The monoisotopic (exact) mass is 350 g/mol. The fourth-order valence-corrected chi connectivity index (χ4v) is 3.12. The van der Waals surface area contributed by atoms with Gasteiger partial charge >= 0.3 is 0 Å². The fraction of sp³-hybridized carbons (Fsp3) is 0.312. The summed E-state index contributed by atoms with van der Waals surface area (Å²) in [6.45, 7) is 2.15. The van der Waals surface area contributed by atoms with Gasteiger partial charge in [-0.3, -0.25) is 0 Å². The number of hydrogen-bond donors (Lipinski definition) is 1. The smallest absolute Gasteiger partial charge is 0.143 e. The summed E-state index contributed by atoms with van der Waals surface area (Å²) in [6.07, 6.45) is 4.13. The number of rotatable bonds is 3. The predicted molar refractivity (Wildman–Crippen MR) is 87.5 cm³/mol. The first-order valence-electron chi connectivity index (χ1n) is 6.76. The molecule has 1 aliphatic rings. The Bertz CT molecular complexity index is 624. The zero-order valence-electron chi connectivity index (χ0n) is 11.2. The average molecular weight is 352 g/mol. The normalized spacial score (nSPS) is 21.4. The molecule has 1 saturated carbocycles. The third-order valence-electron chi connectivity index (χ3n) is 3.82. The van der Waals surface area contributed by atoms with Gasteiger partial charge in [0.05, 0.1) is 16.4 Å². The first-order valence-corrected chi connectivity index (χ1v) is 7.93. The minimum Gasteiger partial charge on any atom is -0.381 e. The maximum Gasteiger partial charge on any atom is 0.143 e. The molecule has 1 heterocycles. The Labute approximate surface area is 132 Å². The van der Waals surface area contributed by atoms with Crippen molar-refractivity contribution in [1.29, 1.82) is 0 Å². The third-order valence-corrected chi connectivity index (χ3v) is 4.95. The predicted octanol–water partition coefficient (Wildman–Crippen LogP) is 5.16. The largest absolute Gasteiger partial charge is 0.381 e. The number of nitrogens with one attached hydrogen (secondary N) is 1. The molecule has 0 radical (unpaired) electrons. The van der Waals surface area contributed by atoms with Crippen LogP contribution in [0.2, 0.25) is 5.15 Å². The summed E-state index contributed by atoms with van der Waals surface area (Å²) in [7, 11) is 0. The Hall–Kier alpha value is -1.06. The standard InChI is InChI=1S/C16H16BrClN2/c1-10-3-2-4-11(5-10)12-6-13(7-12)20-14-8-15(17)16(18)19-9-14/h2-5,8-9,12-13,20H,6-7H2,1H3. The summed E-state index contributed by atoms with van der Waals surface area (Å²) >= 11 is 9.30. The van der Waals surface area contributed by atoms with Gasteiger partial charge in [-0.05, 0) is 53.2 Å². The molecule has 0 bridgehead atoms. The van der Waals surface area contributed by atoms with Crippen molar-refractivity contribution in [2.75, 3.05) is 5.32 Å². The Balaban J connectivity index is 1.59. The lowest BCUT2D eigenvalue weighted by molar-refractivity contribution is 0.374. The van der Waals surface area contributed by atoms with E-state index in [0.29, 0.717) is 17.1 Å². The van der Waals surface area contributed by atoms with Crippen molar-refractivity contribution in [3.05, 3.63) is 57.3 Å². The summed E-state index contributed by atoms with van der Waals surface area (Å²) < 4.78 is 0.832. The Morgan fingerprint density at radius 3 is 2.80 bits per heavy atom. The maximum atomic E-state index is 5.90. The van der Waals surface area contributed by atoms with Gasteiger partial charge in [-0.25, -0.2) is 4.98 Å². The second-order valence-corrected chi connectivity index (χ2v) is 6.63. The summed E-state index contributed by atoms with van der Waals surface area (Å²) in [5, 5.41) is 4.01. The van der Waals surface area contributed by atoms with Crippen molar-refractivity contribution in [2.45, 2.75) is 31.7 Å². The van der Waals surface area contributed by atoms with Gasteiger partial charge in [-0.1, -0.05) is 41.4 Å². The van der Waals surface area contributed by atoms with E-state index in [2.05, 4.69) is 57.4 Å². The summed E-state index contributed by atoms with van der Waals surface area (Å²) in [5.41, 5.74) is 3.82. The zero-order valence-corrected chi connectivity index (χ0v) is 13.6. The van der Waals surface area contributed by atoms with Crippen LogP contribution in [-0.4, -0.2) is 11.0 Å². The number of aryl methyl sites for hydroxylation is 1. The van der Waals surface area contributed by atoms with Crippen LogP contribution in [0.15, 0.2) is 41.0 Å². The lowest BCUT2D eigenvalue weighted by Crippen LogP contribution is -2.34. The second-order valence-electron chi connectivity index (χ2n) is 5.42. The number of pyridine rings is 1. The van der Waals surface area contributed by atoms with Gasteiger partial charge in [0.15, 0.2) is 0 Å². The molecule has 2 aromatic rings. The molecule has 1 aliphatic carbocycles. The molecule has 0 aliphatic heterocycles. The van der Waals surface area contributed by atoms with Crippen LogP contribution in [0.25, 0.3) is 0 Å². The lowest BCUT2D eigenvalue weighted by atomic mass is 9.75. The van der Waals surface area contributed by atoms with Gasteiger partial charge in [-0.2, -0.15) is 0 Å². The van der Waals surface area contributed by atoms with Crippen LogP contribution in [0.1, 0.15) is 29.9 Å². The number of aromatic nitrogens is 1. The second kappa shape index (κ2) is 5.74. The van der Waals surface area contributed by atoms with Crippen molar-refractivity contribution in [1.82, 2.24) is 4.98 Å². The number of halogens is 2. The van der Waals surface area contributed by atoms with Crippen LogP contribution < -0.4 is 5.32 Å². The van der Waals surface area contributed by atoms with Crippen LogP contribution in [0.3, 0.4) is 0 Å². The summed E-state index contributed by atoms with van der Waals surface area (Å²) in [6, 6.07) is 11.3. The molecule has 0 saturated heterocycles. The summed E-state index contributed by atoms with van der Waals surface area (Å²) in [4.78, 5) is 4.13. The third kappa shape index (κ3) is 2.99. The highest BCUT2D eigenvalue weighted by atomic mass is 79.9. The molecule has 2 nitrogen and oxygen atoms in total. The Morgan fingerprint density at radius 1 is 1.30 bits per heavy atom. The maximum absolute atomic E-state index is 5.90. The van der Waals surface area contributed by atoms with E-state index in [4.69, 9.17) is 11.6 Å². The number of nitrogens with zero attached hydrogens (tertiary/aromatic N) is 1. The van der Waals surface area contributed by atoms with Crippen LogP contribution in [0.4, 0.5) is 5.69 Å². The highest BCUT2D eigenvalue weighted by Gasteiger charge is 2.30. The van der Waals surface area contributed by atoms with E-state index >= 15 is 0 Å². The van der Waals surface area contributed by atoms with Crippen LogP contribution >= 0.6 is 27.5 Å². The van der Waals surface area contributed by atoms with E-state index < -0.39 is 0 Å². The molecule has 3 rings (SSSR count). The van der Waals surface area contributed by atoms with Gasteiger partial charge in [-0.15, -0.1) is 0 Å². The average Bonchev–Trinajstić information content (AvgIpc) is 2.37. The van der Waals surface area contributed by atoms with Gasteiger partial charge in [0, 0.05) is 6.04 Å². The number of hydrogen-bond acceptors (Lipinski definition) is 2. The van der Waals surface area contributed by atoms with Crippen LogP contribution in [0, 0.1) is 6.92 Å². The molecule has 0 unspecified atom stereocenters. The molecular formula is C16H16BrClN2. The van der Waals surface area contributed by atoms with E-state index in [1.165, 1.54) is 24.0 Å². The molecule has 0 amide bonds. The molecular weight excluding hydrogens is 336 g/mol. The highest BCUT2D eigenvalue weighted by molar-refractivity contribution is 9.10. The SMILES string of the molecule is Cc1cccc(C2CC(Nc3cnc(Cl)c(Br)c3)C2)c1. The van der Waals surface area contributed by atoms with Crippen LogP contribution in [-0.2, 0) is 0 Å².